The Morgan fingerprint density at radius 3 is 2.90 bits per heavy atom. The Balaban J connectivity index is 1.40. The lowest BCUT2D eigenvalue weighted by Crippen LogP contribution is -2.34. The number of hydrogen-bond acceptors (Lipinski definition) is 4. The Morgan fingerprint density at radius 2 is 2.21 bits per heavy atom. The van der Waals surface area contributed by atoms with Crippen LogP contribution in [0.3, 0.4) is 0 Å². The maximum absolute atomic E-state index is 12.6. The van der Waals surface area contributed by atoms with Crippen LogP contribution in [0.5, 0.6) is 0 Å². The molecule has 1 fully saturated rings. The van der Waals surface area contributed by atoms with Crippen LogP contribution in [0.1, 0.15) is 55.0 Å². The summed E-state index contributed by atoms with van der Waals surface area (Å²) < 4.78 is 0. The first-order chi connectivity index (χ1) is 14.0. The Kier molecular flexibility index (Phi) is 5.29. The summed E-state index contributed by atoms with van der Waals surface area (Å²) in [5.74, 6) is 0.590. The van der Waals surface area contributed by atoms with E-state index in [1.807, 2.05) is 25.1 Å². The van der Waals surface area contributed by atoms with Gasteiger partial charge >= 0.3 is 0 Å². The molecule has 1 saturated carbocycles. The minimum Gasteiger partial charge on any atom is -0.334 e. The second-order valence-electron chi connectivity index (χ2n) is 7.65. The Labute approximate surface area is 169 Å². The van der Waals surface area contributed by atoms with Crippen molar-refractivity contribution in [3.8, 4) is 0 Å². The van der Waals surface area contributed by atoms with Crippen molar-refractivity contribution in [2.75, 3.05) is 18.4 Å². The van der Waals surface area contributed by atoms with Gasteiger partial charge in [-0.05, 0) is 49.5 Å². The first-order valence-electron chi connectivity index (χ1n) is 9.98. The maximum Gasteiger partial charge on any atom is 0.246 e. The van der Waals surface area contributed by atoms with E-state index >= 15 is 0 Å². The predicted molar refractivity (Wildman–Crippen MR) is 111 cm³/mol. The number of pyridine rings is 1. The number of rotatable bonds is 6. The van der Waals surface area contributed by atoms with E-state index in [1.54, 1.807) is 11.1 Å². The molecular formula is C22H25N5O2. The molecular weight excluding hydrogens is 366 g/mol. The number of carbonyl (C=O) groups excluding carboxylic acids is 2. The minimum absolute atomic E-state index is 0.0688. The van der Waals surface area contributed by atoms with Crippen molar-refractivity contribution in [3.05, 3.63) is 60.1 Å². The zero-order chi connectivity index (χ0) is 20.4. The highest BCUT2D eigenvalue weighted by atomic mass is 16.2. The van der Waals surface area contributed by atoms with Crippen LogP contribution in [-0.4, -0.2) is 45.0 Å². The van der Waals surface area contributed by atoms with E-state index in [4.69, 9.17) is 0 Å². The molecule has 2 aromatic heterocycles. The fourth-order valence-electron chi connectivity index (χ4n) is 3.49. The second-order valence-corrected chi connectivity index (χ2v) is 7.65. The molecule has 1 unspecified atom stereocenters. The number of hydrogen-bond donors (Lipinski definition) is 2. The van der Waals surface area contributed by atoms with E-state index in [1.165, 1.54) is 18.9 Å². The highest BCUT2D eigenvalue weighted by Crippen LogP contribution is 2.39. The molecule has 2 aliphatic rings. The highest BCUT2D eigenvalue weighted by molar-refractivity contribution is 5.94. The van der Waals surface area contributed by atoms with Crippen LogP contribution >= 0.6 is 0 Å². The normalized spacial score (nSPS) is 17.4. The summed E-state index contributed by atoms with van der Waals surface area (Å²) in [6.07, 6.45) is 8.34. The molecule has 1 aliphatic carbocycles. The molecule has 2 amide bonds. The van der Waals surface area contributed by atoms with Crippen molar-refractivity contribution in [2.24, 2.45) is 0 Å². The van der Waals surface area contributed by atoms with Crippen LogP contribution in [0.15, 0.2) is 43.1 Å². The number of aromatic nitrogens is 3. The molecule has 4 rings (SSSR count). The van der Waals surface area contributed by atoms with Gasteiger partial charge in [0.1, 0.15) is 0 Å². The molecule has 1 aliphatic heterocycles. The van der Waals surface area contributed by atoms with Gasteiger partial charge in [-0.25, -0.2) is 0 Å². The van der Waals surface area contributed by atoms with Gasteiger partial charge in [-0.1, -0.05) is 18.7 Å². The average molecular weight is 391 g/mol. The lowest BCUT2D eigenvalue weighted by molar-refractivity contribution is -0.125. The standard InChI is InChI=1S/C22H25N5O2/c1-3-21(28)27-10-4-5-17(13-27)18-9-8-16(12-23-18)14(2)22(29)24-20-11-19(25-26-20)15-6-7-15/h3,5,8-9,11-12,14-15H,1,4,6-7,10,13H2,2H3,(H2,24,25,26,29). The van der Waals surface area contributed by atoms with Crippen LogP contribution in [-0.2, 0) is 9.59 Å². The Bertz CT molecular complexity index is 956. The number of anilines is 1. The number of aromatic amines is 1. The Hall–Kier alpha value is -3.22. The summed E-state index contributed by atoms with van der Waals surface area (Å²) in [4.78, 5) is 30.7. The number of nitrogens with one attached hydrogen (secondary N) is 2. The molecule has 7 nitrogen and oxygen atoms in total. The van der Waals surface area contributed by atoms with Crippen LogP contribution in [0.2, 0.25) is 0 Å². The minimum atomic E-state index is -0.350. The third-order valence-electron chi connectivity index (χ3n) is 5.51. The topological polar surface area (TPSA) is 91.0 Å². The van der Waals surface area contributed by atoms with Gasteiger partial charge in [-0.15, -0.1) is 0 Å². The van der Waals surface area contributed by atoms with Crippen molar-refractivity contribution in [3.63, 3.8) is 0 Å². The molecule has 7 heteroatoms. The number of nitrogens with zero attached hydrogens (tertiary/aromatic N) is 3. The van der Waals surface area contributed by atoms with Crippen LogP contribution in [0, 0.1) is 0 Å². The predicted octanol–water partition coefficient (Wildman–Crippen LogP) is 3.23. The van der Waals surface area contributed by atoms with Crippen molar-refractivity contribution in [1.82, 2.24) is 20.1 Å². The van der Waals surface area contributed by atoms with E-state index in [0.29, 0.717) is 24.8 Å². The van der Waals surface area contributed by atoms with Gasteiger partial charge in [0.2, 0.25) is 11.8 Å². The fraction of sp³-hybridized carbons (Fsp3) is 0.364. The molecule has 150 valence electrons. The summed E-state index contributed by atoms with van der Waals surface area (Å²) in [5.41, 5.74) is 3.76. The van der Waals surface area contributed by atoms with E-state index < -0.39 is 0 Å². The van der Waals surface area contributed by atoms with Crippen molar-refractivity contribution >= 4 is 23.2 Å². The second kappa shape index (κ2) is 8.03. The summed E-state index contributed by atoms with van der Waals surface area (Å²) in [7, 11) is 0. The molecule has 0 bridgehead atoms. The van der Waals surface area contributed by atoms with Gasteiger partial charge in [-0.2, -0.15) is 5.10 Å². The Morgan fingerprint density at radius 1 is 1.38 bits per heavy atom. The smallest absolute Gasteiger partial charge is 0.246 e. The highest BCUT2D eigenvalue weighted by Gasteiger charge is 2.26. The molecule has 3 heterocycles. The SMILES string of the molecule is C=CC(=O)N1CCC=C(c2ccc(C(C)C(=O)Nc3cc(C4CC4)[nH]n3)cn2)C1. The van der Waals surface area contributed by atoms with Gasteiger partial charge in [0.25, 0.3) is 0 Å². The monoisotopic (exact) mass is 391 g/mol. The van der Waals surface area contributed by atoms with Crippen molar-refractivity contribution < 1.29 is 9.59 Å². The van der Waals surface area contributed by atoms with Gasteiger partial charge in [0, 0.05) is 37.0 Å². The third kappa shape index (κ3) is 4.29. The zero-order valence-electron chi connectivity index (χ0n) is 16.5. The molecule has 0 saturated heterocycles. The third-order valence-corrected chi connectivity index (χ3v) is 5.51. The van der Waals surface area contributed by atoms with Crippen molar-refractivity contribution in [1.29, 1.82) is 0 Å². The van der Waals surface area contributed by atoms with E-state index in [2.05, 4.69) is 33.2 Å². The summed E-state index contributed by atoms with van der Waals surface area (Å²) in [6, 6.07) is 5.74. The summed E-state index contributed by atoms with van der Waals surface area (Å²) in [6.45, 7) is 6.62. The molecule has 2 aromatic rings. The van der Waals surface area contributed by atoms with Crippen LogP contribution in [0.25, 0.3) is 5.57 Å². The average Bonchev–Trinajstić information content (AvgIpc) is 3.52. The quantitative estimate of drug-likeness (QED) is 0.740. The number of amides is 2. The van der Waals surface area contributed by atoms with Gasteiger partial charge in [0.15, 0.2) is 5.82 Å². The van der Waals surface area contributed by atoms with E-state index in [0.717, 1.165) is 28.9 Å². The first kappa shape index (κ1) is 19.1. The maximum atomic E-state index is 12.6. The van der Waals surface area contributed by atoms with E-state index in [-0.39, 0.29) is 17.7 Å². The molecule has 2 N–H and O–H groups in total. The van der Waals surface area contributed by atoms with Crippen molar-refractivity contribution in [2.45, 2.75) is 38.0 Å². The fourth-order valence-corrected chi connectivity index (χ4v) is 3.49. The lowest BCUT2D eigenvalue weighted by atomic mass is 10.00. The summed E-state index contributed by atoms with van der Waals surface area (Å²) in [5, 5.41) is 10.0. The van der Waals surface area contributed by atoms with Crippen LogP contribution < -0.4 is 5.32 Å². The van der Waals surface area contributed by atoms with Gasteiger partial charge in [0.05, 0.1) is 11.6 Å². The largest absolute Gasteiger partial charge is 0.334 e. The number of H-pyrrole nitrogens is 1. The van der Waals surface area contributed by atoms with Crippen LogP contribution in [0.4, 0.5) is 5.82 Å². The molecule has 0 spiro atoms. The van der Waals surface area contributed by atoms with E-state index in [9.17, 15) is 9.59 Å². The van der Waals surface area contributed by atoms with Gasteiger partial charge in [-0.3, -0.25) is 19.7 Å². The van der Waals surface area contributed by atoms with Gasteiger partial charge < -0.3 is 10.2 Å². The summed E-state index contributed by atoms with van der Waals surface area (Å²) >= 11 is 0. The lowest BCUT2D eigenvalue weighted by Gasteiger charge is -2.26. The molecule has 1 atom stereocenters. The molecule has 29 heavy (non-hydrogen) atoms. The number of carbonyl (C=O) groups is 2. The first-order valence-corrected chi connectivity index (χ1v) is 9.98. The molecule has 0 radical (unpaired) electrons. The molecule has 0 aromatic carbocycles. The zero-order valence-corrected chi connectivity index (χ0v) is 16.5.